The van der Waals surface area contributed by atoms with Gasteiger partial charge in [0, 0.05) is 24.7 Å². The molecule has 0 aliphatic rings. The zero-order valence-electron chi connectivity index (χ0n) is 18.3. The molecule has 190 valence electrons. The standard InChI is InChI=1S/C23H16F7N3O3/c1-11(15-7-6-13(21(35)36)10-16(15)24)31-20(34)18-17(32-33(2)19(18)23(28,29)30)9-12-4-3-5-14(8-12)22(25,26)27/h3-8,10H,1,9H2,2H3,(H,31,34)(H,35,36). The molecule has 0 aliphatic carbocycles. The minimum absolute atomic E-state index is 0.0557. The third kappa shape index (κ3) is 5.56. The molecule has 0 fully saturated rings. The van der Waals surface area contributed by atoms with Crippen LogP contribution < -0.4 is 5.32 Å². The molecule has 0 aliphatic heterocycles. The topological polar surface area (TPSA) is 84.2 Å². The van der Waals surface area contributed by atoms with E-state index < -0.39 is 70.2 Å². The Balaban J connectivity index is 2.00. The lowest BCUT2D eigenvalue weighted by atomic mass is 10.0. The molecular formula is C23H16F7N3O3. The zero-order chi connectivity index (χ0) is 27.0. The van der Waals surface area contributed by atoms with E-state index in [0.717, 1.165) is 37.4 Å². The van der Waals surface area contributed by atoms with Crippen LogP contribution in [0.5, 0.6) is 0 Å². The average Bonchev–Trinajstić information content (AvgIpc) is 3.09. The van der Waals surface area contributed by atoms with E-state index in [1.807, 2.05) is 5.32 Å². The van der Waals surface area contributed by atoms with Crippen LogP contribution >= 0.6 is 0 Å². The molecule has 3 aromatic rings. The highest BCUT2D eigenvalue weighted by atomic mass is 19.4. The summed E-state index contributed by atoms with van der Waals surface area (Å²) in [5.74, 6) is -3.92. The van der Waals surface area contributed by atoms with E-state index in [2.05, 4.69) is 11.7 Å². The second kappa shape index (κ2) is 9.47. The molecule has 2 N–H and O–H groups in total. The van der Waals surface area contributed by atoms with E-state index in [1.165, 1.54) is 6.07 Å². The second-order valence-electron chi connectivity index (χ2n) is 7.60. The predicted octanol–water partition coefficient (Wildman–Crippen LogP) is 5.29. The number of benzene rings is 2. The number of hydrogen-bond acceptors (Lipinski definition) is 3. The molecule has 36 heavy (non-hydrogen) atoms. The molecule has 0 atom stereocenters. The molecule has 1 amide bonds. The number of aromatic carboxylic acids is 1. The first kappa shape index (κ1) is 26.4. The summed E-state index contributed by atoms with van der Waals surface area (Å²) in [7, 11) is 0.911. The van der Waals surface area contributed by atoms with Gasteiger partial charge in [0.2, 0.25) is 0 Å². The quantitative estimate of drug-likeness (QED) is 0.438. The maximum absolute atomic E-state index is 14.3. The number of hydrogen-bond donors (Lipinski definition) is 2. The van der Waals surface area contributed by atoms with Crippen LogP contribution in [-0.2, 0) is 25.8 Å². The molecule has 0 bridgehead atoms. The predicted molar refractivity (Wildman–Crippen MR) is 112 cm³/mol. The van der Waals surface area contributed by atoms with Gasteiger partial charge in [-0.3, -0.25) is 9.48 Å². The minimum Gasteiger partial charge on any atom is -0.478 e. The highest BCUT2D eigenvalue weighted by molar-refractivity contribution is 6.01. The Morgan fingerprint density at radius 3 is 2.28 bits per heavy atom. The smallest absolute Gasteiger partial charge is 0.433 e. The lowest BCUT2D eigenvalue weighted by molar-refractivity contribution is -0.144. The molecule has 0 unspecified atom stereocenters. The number of aryl methyl sites for hydroxylation is 1. The summed E-state index contributed by atoms with van der Waals surface area (Å²) in [6.07, 6.45) is -10.3. The van der Waals surface area contributed by atoms with E-state index in [4.69, 9.17) is 5.11 Å². The number of aromatic nitrogens is 2. The summed E-state index contributed by atoms with van der Waals surface area (Å²) in [5, 5.41) is 14.7. The van der Waals surface area contributed by atoms with Crippen molar-refractivity contribution in [3.8, 4) is 0 Å². The van der Waals surface area contributed by atoms with Crippen molar-refractivity contribution < 1.29 is 45.4 Å². The molecule has 1 heterocycles. The van der Waals surface area contributed by atoms with Gasteiger partial charge in [0.1, 0.15) is 5.82 Å². The Morgan fingerprint density at radius 2 is 1.72 bits per heavy atom. The van der Waals surface area contributed by atoms with Crippen molar-refractivity contribution >= 4 is 17.6 Å². The number of carboxylic acid groups (broad SMARTS) is 1. The van der Waals surface area contributed by atoms with Gasteiger partial charge in [-0.1, -0.05) is 24.8 Å². The summed E-state index contributed by atoms with van der Waals surface area (Å²) >= 11 is 0. The Morgan fingerprint density at radius 1 is 1.06 bits per heavy atom. The third-order valence-electron chi connectivity index (χ3n) is 5.05. The number of nitrogens with one attached hydrogen (secondary N) is 1. The van der Waals surface area contributed by atoms with Crippen LogP contribution in [0.4, 0.5) is 30.7 Å². The van der Waals surface area contributed by atoms with Crippen molar-refractivity contribution in [3.63, 3.8) is 0 Å². The minimum atomic E-state index is -5.07. The van der Waals surface area contributed by atoms with Gasteiger partial charge in [0.15, 0.2) is 5.69 Å². The zero-order valence-corrected chi connectivity index (χ0v) is 18.3. The largest absolute Gasteiger partial charge is 0.478 e. The van der Waals surface area contributed by atoms with Crippen LogP contribution in [0.2, 0.25) is 0 Å². The van der Waals surface area contributed by atoms with E-state index in [-0.39, 0.29) is 11.1 Å². The Kier molecular flexibility index (Phi) is 6.96. The van der Waals surface area contributed by atoms with Crippen LogP contribution in [0.15, 0.2) is 49.0 Å². The normalized spacial score (nSPS) is 11.9. The van der Waals surface area contributed by atoms with Crippen LogP contribution in [0.25, 0.3) is 5.70 Å². The van der Waals surface area contributed by atoms with Crippen LogP contribution in [0, 0.1) is 5.82 Å². The van der Waals surface area contributed by atoms with Gasteiger partial charge in [0.05, 0.1) is 22.4 Å². The Hall–Kier alpha value is -4.16. The maximum Gasteiger partial charge on any atom is 0.433 e. The van der Waals surface area contributed by atoms with Gasteiger partial charge in [0.25, 0.3) is 5.91 Å². The highest BCUT2D eigenvalue weighted by Crippen LogP contribution is 2.35. The highest BCUT2D eigenvalue weighted by Gasteiger charge is 2.41. The number of halogens is 7. The number of carboxylic acids is 1. The van der Waals surface area contributed by atoms with Crippen LogP contribution in [0.1, 0.15) is 48.8 Å². The maximum atomic E-state index is 14.3. The SMILES string of the molecule is C=C(NC(=O)c1c(Cc2cccc(C(F)(F)F)c2)nn(C)c1C(F)(F)F)c1ccc(C(=O)O)cc1F. The molecule has 2 aromatic carbocycles. The number of nitrogens with zero attached hydrogens (tertiary/aromatic N) is 2. The van der Waals surface area contributed by atoms with Crippen molar-refractivity contribution in [1.29, 1.82) is 0 Å². The number of rotatable bonds is 6. The van der Waals surface area contributed by atoms with Crippen LogP contribution in [0.3, 0.4) is 0 Å². The Labute approximate surface area is 198 Å². The molecule has 13 heteroatoms. The number of alkyl halides is 6. The molecule has 0 spiro atoms. The average molecular weight is 515 g/mol. The lowest BCUT2D eigenvalue weighted by Crippen LogP contribution is -2.26. The van der Waals surface area contributed by atoms with Crippen molar-refractivity contribution in [3.05, 3.63) is 94.1 Å². The monoisotopic (exact) mass is 515 g/mol. The van der Waals surface area contributed by atoms with Gasteiger partial charge < -0.3 is 10.4 Å². The van der Waals surface area contributed by atoms with E-state index >= 15 is 0 Å². The van der Waals surface area contributed by atoms with E-state index in [1.54, 1.807) is 0 Å². The fourth-order valence-corrected chi connectivity index (χ4v) is 3.48. The number of carbonyl (C=O) groups is 2. The summed E-state index contributed by atoms with van der Waals surface area (Å²) < 4.78 is 95.1. The van der Waals surface area contributed by atoms with Gasteiger partial charge in [-0.25, -0.2) is 9.18 Å². The first-order valence-corrected chi connectivity index (χ1v) is 9.92. The Bertz CT molecular complexity index is 1360. The fourth-order valence-electron chi connectivity index (χ4n) is 3.48. The van der Waals surface area contributed by atoms with E-state index in [9.17, 15) is 40.3 Å². The van der Waals surface area contributed by atoms with Gasteiger partial charge in [-0.15, -0.1) is 0 Å². The second-order valence-corrected chi connectivity index (χ2v) is 7.60. The third-order valence-corrected chi connectivity index (χ3v) is 5.05. The van der Waals surface area contributed by atoms with Gasteiger partial charge in [-0.05, 0) is 29.8 Å². The van der Waals surface area contributed by atoms with Crippen molar-refractivity contribution in [2.45, 2.75) is 18.8 Å². The van der Waals surface area contributed by atoms with Crippen molar-refractivity contribution in [2.75, 3.05) is 0 Å². The summed E-state index contributed by atoms with van der Waals surface area (Å²) in [6.45, 7) is 3.42. The lowest BCUT2D eigenvalue weighted by Gasteiger charge is -2.13. The van der Waals surface area contributed by atoms with Crippen LogP contribution in [-0.4, -0.2) is 26.8 Å². The summed E-state index contributed by atoms with van der Waals surface area (Å²) in [4.78, 5) is 23.9. The number of carbonyl (C=O) groups excluding carboxylic acids is 1. The summed E-state index contributed by atoms with van der Waals surface area (Å²) in [6, 6.07) is 6.42. The molecule has 0 saturated heterocycles. The number of amides is 1. The fraction of sp³-hybridized carbons (Fsp3) is 0.174. The molecule has 3 rings (SSSR count). The van der Waals surface area contributed by atoms with E-state index in [0.29, 0.717) is 10.7 Å². The first-order chi connectivity index (χ1) is 16.6. The van der Waals surface area contributed by atoms with Crippen molar-refractivity contribution in [1.82, 2.24) is 15.1 Å². The molecule has 0 radical (unpaired) electrons. The molecule has 6 nitrogen and oxygen atoms in total. The molecule has 0 saturated carbocycles. The molecule has 1 aromatic heterocycles. The van der Waals surface area contributed by atoms with Gasteiger partial charge in [-0.2, -0.15) is 31.4 Å². The summed E-state index contributed by atoms with van der Waals surface area (Å²) in [5.41, 5.74) is -5.29. The van der Waals surface area contributed by atoms with Crippen molar-refractivity contribution in [2.24, 2.45) is 7.05 Å². The molecular weight excluding hydrogens is 499 g/mol. The first-order valence-electron chi connectivity index (χ1n) is 9.92. The van der Waals surface area contributed by atoms with Gasteiger partial charge >= 0.3 is 18.3 Å².